The molecule has 5 rings (SSSR count). The number of fused-ring (bicyclic) bond motifs is 1. The maximum Gasteiger partial charge on any atom is 0.276 e. The molecular weight excluding hydrogens is 462 g/mol. The van der Waals surface area contributed by atoms with Crippen molar-refractivity contribution in [2.24, 2.45) is 0 Å². The predicted octanol–water partition coefficient (Wildman–Crippen LogP) is 5.84. The molecule has 1 amide bonds. The van der Waals surface area contributed by atoms with Gasteiger partial charge >= 0.3 is 0 Å². The number of hydrogen-bond donors (Lipinski definition) is 1. The minimum absolute atomic E-state index is 0.177. The fourth-order valence-corrected chi connectivity index (χ4v) is 4.11. The smallest absolute Gasteiger partial charge is 0.276 e. The van der Waals surface area contributed by atoms with Gasteiger partial charge in [-0.15, -0.1) is 0 Å². The number of halogens is 1. The van der Waals surface area contributed by atoms with Crippen molar-refractivity contribution in [1.82, 2.24) is 19.6 Å². The minimum atomic E-state index is -0.313. The quantitative estimate of drug-likeness (QED) is 0.314. The SMILES string of the molecule is Cc1cc(OCn2ccc(C(=O)Nc3cnn(Cc4cccc5ccccc45)c3)n2)cc(C)c1Cl. The largest absolute Gasteiger partial charge is 0.471 e. The number of aromatic nitrogens is 4. The Morgan fingerprint density at radius 1 is 1.03 bits per heavy atom. The first-order chi connectivity index (χ1) is 17.0. The average Bonchev–Trinajstić information content (AvgIpc) is 3.51. The van der Waals surface area contributed by atoms with Gasteiger partial charge in [-0.1, -0.05) is 54.1 Å². The lowest BCUT2D eigenvalue weighted by Gasteiger charge is -2.10. The molecule has 2 heterocycles. The van der Waals surface area contributed by atoms with E-state index in [0.29, 0.717) is 23.7 Å². The van der Waals surface area contributed by atoms with Crippen molar-refractivity contribution in [3.63, 3.8) is 0 Å². The van der Waals surface area contributed by atoms with E-state index in [1.807, 2.05) is 50.4 Å². The Balaban J connectivity index is 1.21. The Morgan fingerprint density at radius 3 is 2.63 bits per heavy atom. The first kappa shape index (κ1) is 22.7. The molecule has 5 aromatic rings. The van der Waals surface area contributed by atoms with Crippen molar-refractivity contribution in [3.8, 4) is 5.75 Å². The maximum atomic E-state index is 12.7. The number of nitrogens with one attached hydrogen (secondary N) is 1. The standard InChI is InChI=1S/C27H24ClN5O2/c1-18-12-23(13-19(2)26(18)28)35-17-32-11-10-25(31-32)27(34)30-22-14-29-33(16-22)15-21-8-5-7-20-6-3-4-9-24(20)21/h3-14,16H,15,17H2,1-2H3,(H,30,34). The van der Waals surface area contributed by atoms with E-state index in [9.17, 15) is 4.79 Å². The molecule has 0 unspecified atom stereocenters. The van der Waals surface area contributed by atoms with Crippen LogP contribution in [0.1, 0.15) is 27.2 Å². The van der Waals surface area contributed by atoms with E-state index in [-0.39, 0.29) is 12.6 Å². The lowest BCUT2D eigenvalue weighted by atomic mass is 10.0. The Morgan fingerprint density at radius 2 is 1.80 bits per heavy atom. The highest BCUT2D eigenvalue weighted by atomic mass is 35.5. The Bertz CT molecular complexity index is 1490. The number of aryl methyl sites for hydroxylation is 2. The highest BCUT2D eigenvalue weighted by Crippen LogP contribution is 2.26. The topological polar surface area (TPSA) is 74.0 Å². The van der Waals surface area contributed by atoms with Gasteiger partial charge in [-0.2, -0.15) is 10.2 Å². The lowest BCUT2D eigenvalue weighted by Crippen LogP contribution is -2.14. The summed E-state index contributed by atoms with van der Waals surface area (Å²) in [5.74, 6) is 0.385. The third-order valence-electron chi connectivity index (χ3n) is 5.75. The normalized spacial score (nSPS) is 11.1. The van der Waals surface area contributed by atoms with Crippen LogP contribution in [0.5, 0.6) is 5.75 Å². The number of amides is 1. The van der Waals surface area contributed by atoms with Crippen molar-refractivity contribution in [3.05, 3.63) is 107 Å². The molecule has 3 aromatic carbocycles. The van der Waals surface area contributed by atoms with Crippen molar-refractivity contribution < 1.29 is 9.53 Å². The molecule has 176 valence electrons. The zero-order valence-corrected chi connectivity index (χ0v) is 20.2. The van der Waals surface area contributed by atoms with Crippen LogP contribution in [-0.2, 0) is 13.3 Å². The molecule has 0 fully saturated rings. The molecule has 0 saturated heterocycles. The second-order valence-corrected chi connectivity index (χ2v) is 8.78. The van der Waals surface area contributed by atoms with Crippen LogP contribution < -0.4 is 10.1 Å². The molecular formula is C27H24ClN5O2. The van der Waals surface area contributed by atoms with Gasteiger partial charge in [0.25, 0.3) is 5.91 Å². The second-order valence-electron chi connectivity index (χ2n) is 8.40. The maximum absolute atomic E-state index is 12.7. The third kappa shape index (κ3) is 5.05. The molecule has 0 aliphatic rings. The van der Waals surface area contributed by atoms with Gasteiger partial charge < -0.3 is 10.1 Å². The first-order valence-corrected chi connectivity index (χ1v) is 11.6. The molecule has 0 atom stereocenters. The van der Waals surface area contributed by atoms with Gasteiger partial charge in [-0.05, 0) is 59.5 Å². The van der Waals surface area contributed by atoms with Crippen LogP contribution >= 0.6 is 11.6 Å². The zero-order chi connectivity index (χ0) is 24.4. The van der Waals surface area contributed by atoms with Crippen LogP contribution in [0.2, 0.25) is 5.02 Å². The fraction of sp³-hybridized carbons (Fsp3) is 0.148. The van der Waals surface area contributed by atoms with Gasteiger partial charge in [0.05, 0.1) is 18.4 Å². The lowest BCUT2D eigenvalue weighted by molar-refractivity contribution is 0.102. The molecule has 8 heteroatoms. The molecule has 0 saturated carbocycles. The van der Waals surface area contributed by atoms with E-state index in [1.54, 1.807) is 27.8 Å². The second kappa shape index (κ2) is 9.64. The van der Waals surface area contributed by atoms with E-state index in [4.69, 9.17) is 16.3 Å². The van der Waals surface area contributed by atoms with Crippen LogP contribution in [-0.4, -0.2) is 25.5 Å². The third-order valence-corrected chi connectivity index (χ3v) is 6.35. The van der Waals surface area contributed by atoms with Gasteiger partial charge in [-0.3, -0.25) is 9.48 Å². The van der Waals surface area contributed by atoms with Crippen molar-refractivity contribution in [2.45, 2.75) is 27.1 Å². The van der Waals surface area contributed by atoms with Crippen LogP contribution in [0.4, 0.5) is 5.69 Å². The molecule has 0 bridgehead atoms. The molecule has 0 aliphatic heterocycles. The monoisotopic (exact) mass is 485 g/mol. The summed E-state index contributed by atoms with van der Waals surface area (Å²) in [4.78, 5) is 12.7. The van der Waals surface area contributed by atoms with Crippen LogP contribution in [0.25, 0.3) is 10.8 Å². The van der Waals surface area contributed by atoms with E-state index in [0.717, 1.165) is 21.7 Å². The summed E-state index contributed by atoms with van der Waals surface area (Å²) in [6.45, 7) is 4.65. The minimum Gasteiger partial charge on any atom is -0.471 e. The molecule has 1 N–H and O–H groups in total. The van der Waals surface area contributed by atoms with Gasteiger partial charge in [0.1, 0.15) is 5.75 Å². The summed E-state index contributed by atoms with van der Waals surface area (Å²) in [6, 6.07) is 19.9. The van der Waals surface area contributed by atoms with E-state index in [1.165, 1.54) is 10.8 Å². The molecule has 0 spiro atoms. The van der Waals surface area contributed by atoms with Crippen molar-refractivity contribution >= 4 is 34.0 Å². The van der Waals surface area contributed by atoms with E-state index < -0.39 is 0 Å². The highest BCUT2D eigenvalue weighted by molar-refractivity contribution is 6.32. The molecule has 35 heavy (non-hydrogen) atoms. The zero-order valence-electron chi connectivity index (χ0n) is 19.4. The number of rotatable bonds is 7. The molecule has 0 radical (unpaired) electrons. The number of benzene rings is 3. The predicted molar refractivity (Wildman–Crippen MR) is 137 cm³/mol. The van der Waals surface area contributed by atoms with Gasteiger partial charge in [0, 0.05) is 17.4 Å². The number of anilines is 1. The van der Waals surface area contributed by atoms with Crippen LogP contribution in [0.15, 0.2) is 79.3 Å². The van der Waals surface area contributed by atoms with Gasteiger partial charge in [0.2, 0.25) is 0 Å². The van der Waals surface area contributed by atoms with E-state index >= 15 is 0 Å². The molecule has 2 aromatic heterocycles. The summed E-state index contributed by atoms with van der Waals surface area (Å²) in [6.07, 6.45) is 5.15. The summed E-state index contributed by atoms with van der Waals surface area (Å²) < 4.78 is 9.18. The Labute approximate surface area is 207 Å². The number of carbonyl (C=O) groups is 1. The number of hydrogen-bond acceptors (Lipinski definition) is 4. The number of ether oxygens (including phenoxy) is 1. The van der Waals surface area contributed by atoms with Gasteiger partial charge in [0.15, 0.2) is 12.4 Å². The Kier molecular flexibility index (Phi) is 6.25. The molecule has 0 aliphatic carbocycles. The van der Waals surface area contributed by atoms with E-state index in [2.05, 4.69) is 39.8 Å². The number of carbonyl (C=O) groups excluding carboxylic acids is 1. The summed E-state index contributed by atoms with van der Waals surface area (Å²) in [5, 5.41) is 14.7. The Hall–Kier alpha value is -4.10. The first-order valence-electron chi connectivity index (χ1n) is 11.2. The van der Waals surface area contributed by atoms with Crippen LogP contribution in [0.3, 0.4) is 0 Å². The van der Waals surface area contributed by atoms with Crippen molar-refractivity contribution in [1.29, 1.82) is 0 Å². The average molecular weight is 486 g/mol. The fourth-order valence-electron chi connectivity index (χ4n) is 4.00. The van der Waals surface area contributed by atoms with Crippen molar-refractivity contribution in [2.75, 3.05) is 5.32 Å². The highest BCUT2D eigenvalue weighted by Gasteiger charge is 2.12. The van der Waals surface area contributed by atoms with Gasteiger partial charge in [-0.25, -0.2) is 4.68 Å². The molecule has 7 nitrogen and oxygen atoms in total. The summed E-state index contributed by atoms with van der Waals surface area (Å²) in [7, 11) is 0. The number of nitrogens with zero attached hydrogens (tertiary/aromatic N) is 4. The summed E-state index contributed by atoms with van der Waals surface area (Å²) in [5.41, 5.74) is 3.95. The summed E-state index contributed by atoms with van der Waals surface area (Å²) >= 11 is 6.21. The van der Waals surface area contributed by atoms with Crippen LogP contribution in [0, 0.1) is 13.8 Å².